The van der Waals surface area contributed by atoms with Crippen molar-refractivity contribution in [2.24, 2.45) is 0 Å². The molecule has 4 atom stereocenters. The summed E-state index contributed by atoms with van der Waals surface area (Å²) < 4.78 is 0. The zero-order valence-corrected chi connectivity index (χ0v) is 9.52. The normalized spacial score (nSPS) is 17.7. The number of carboxylic acids is 1. The van der Waals surface area contributed by atoms with Gasteiger partial charge in [0.05, 0.1) is 6.61 Å². The number of aliphatic hydroxyl groups excluding tert-OH is 5. The quantitative estimate of drug-likeness (QED) is 0.290. The molecule has 0 saturated heterocycles. The first-order valence-corrected chi connectivity index (χ1v) is 3.47. The van der Waals surface area contributed by atoms with Crippen LogP contribution in [-0.4, -0.2) is 67.6 Å². The summed E-state index contributed by atoms with van der Waals surface area (Å²) in [7, 11) is 0. The Morgan fingerprint density at radius 1 is 1.00 bits per heavy atom. The Kier molecular flexibility index (Phi) is 13.1. The Labute approximate surface area is 107 Å². The Bertz CT molecular complexity index is 179. The smallest absolute Gasteiger partial charge is 0.335 e. The largest absolute Gasteiger partial charge is 0.479 e. The molecule has 0 aromatic rings. The van der Waals surface area contributed by atoms with Gasteiger partial charge in [-0.05, 0) is 0 Å². The summed E-state index contributed by atoms with van der Waals surface area (Å²) in [6.45, 7) is -0.843. The van der Waals surface area contributed by atoms with Crippen molar-refractivity contribution in [3.05, 3.63) is 0 Å². The van der Waals surface area contributed by atoms with Crippen LogP contribution in [0.2, 0.25) is 0 Å². The van der Waals surface area contributed by atoms with Crippen LogP contribution in [0.4, 0.5) is 0 Å². The summed E-state index contributed by atoms with van der Waals surface area (Å²) in [6, 6.07) is 0. The van der Waals surface area contributed by atoms with Crippen molar-refractivity contribution >= 4 is 5.97 Å². The molecule has 7 nitrogen and oxygen atoms in total. The van der Waals surface area contributed by atoms with Gasteiger partial charge in [-0.2, -0.15) is 0 Å². The third-order valence-corrected chi connectivity index (χ3v) is 1.51. The van der Waals surface area contributed by atoms with E-state index in [4.69, 9.17) is 30.6 Å². The third kappa shape index (κ3) is 6.47. The molecule has 0 rings (SSSR count). The van der Waals surface area contributed by atoms with Gasteiger partial charge in [0.1, 0.15) is 18.3 Å². The van der Waals surface area contributed by atoms with E-state index in [1.165, 1.54) is 0 Å². The molecule has 0 spiro atoms. The van der Waals surface area contributed by atoms with Crippen molar-refractivity contribution in [3.63, 3.8) is 0 Å². The molecule has 0 unspecified atom stereocenters. The van der Waals surface area contributed by atoms with Crippen molar-refractivity contribution in [1.82, 2.24) is 0 Å². The van der Waals surface area contributed by atoms with E-state index in [-0.39, 0.29) is 34.1 Å². The van der Waals surface area contributed by atoms with E-state index in [9.17, 15) is 4.79 Å². The van der Waals surface area contributed by atoms with Crippen LogP contribution in [0.3, 0.4) is 0 Å². The van der Waals surface area contributed by atoms with Crippen molar-refractivity contribution in [3.8, 4) is 0 Å². The second-order valence-electron chi connectivity index (χ2n) is 2.51. The van der Waals surface area contributed by atoms with Crippen LogP contribution in [0.15, 0.2) is 0 Å². The molecule has 0 fully saturated rings. The zero-order chi connectivity index (χ0) is 10.6. The van der Waals surface area contributed by atoms with Gasteiger partial charge < -0.3 is 30.6 Å². The SMILES string of the molecule is O=C(O)[C@H](O)[C@@H](O)[C@H](O)[C@H](O)CO.[Fe].[Fe]. The molecule has 15 heavy (non-hydrogen) atoms. The Balaban J connectivity index is -0.000000720. The third-order valence-electron chi connectivity index (χ3n) is 1.51. The van der Waals surface area contributed by atoms with Crippen LogP contribution < -0.4 is 0 Å². The molecule has 9 heteroatoms. The first kappa shape index (κ1) is 20.7. The van der Waals surface area contributed by atoms with Gasteiger partial charge in [-0.3, -0.25) is 0 Å². The summed E-state index contributed by atoms with van der Waals surface area (Å²) in [5, 5.41) is 51.8. The molecule has 0 heterocycles. The number of aliphatic carboxylic acids is 1. The number of carbonyl (C=O) groups is 1. The van der Waals surface area contributed by atoms with Gasteiger partial charge >= 0.3 is 5.97 Å². The maximum absolute atomic E-state index is 10.1. The minimum atomic E-state index is -2.20. The van der Waals surface area contributed by atoms with E-state index < -0.39 is 37.0 Å². The molecule has 0 aromatic carbocycles. The number of hydrogen-bond acceptors (Lipinski definition) is 6. The molecule has 0 bridgehead atoms. The van der Waals surface area contributed by atoms with Crippen molar-refractivity contribution < 1.29 is 69.6 Å². The first-order valence-electron chi connectivity index (χ1n) is 3.47. The molecule has 0 aromatic heterocycles. The molecule has 6 N–H and O–H groups in total. The maximum Gasteiger partial charge on any atom is 0.335 e. The van der Waals surface area contributed by atoms with E-state index in [2.05, 4.69) is 0 Å². The average molecular weight is 308 g/mol. The minimum absolute atomic E-state index is 0. The number of rotatable bonds is 5. The van der Waals surface area contributed by atoms with Crippen LogP contribution >= 0.6 is 0 Å². The van der Waals surface area contributed by atoms with E-state index in [0.717, 1.165) is 0 Å². The van der Waals surface area contributed by atoms with Gasteiger partial charge in [-0.25, -0.2) is 4.79 Å². The van der Waals surface area contributed by atoms with E-state index >= 15 is 0 Å². The predicted octanol–water partition coefficient (Wildman–Crippen LogP) is -3.50. The predicted molar refractivity (Wildman–Crippen MR) is 38.7 cm³/mol. The van der Waals surface area contributed by atoms with E-state index in [0.29, 0.717) is 0 Å². The molecule has 0 saturated carbocycles. The van der Waals surface area contributed by atoms with Gasteiger partial charge in [0.2, 0.25) is 0 Å². The molecule has 0 radical (unpaired) electrons. The van der Waals surface area contributed by atoms with Crippen LogP contribution in [0, 0.1) is 0 Å². The van der Waals surface area contributed by atoms with Crippen LogP contribution in [0.25, 0.3) is 0 Å². The fraction of sp³-hybridized carbons (Fsp3) is 0.833. The average Bonchev–Trinajstić information content (AvgIpc) is 2.12. The molecule has 0 aliphatic rings. The van der Waals surface area contributed by atoms with E-state index in [1.807, 2.05) is 0 Å². The fourth-order valence-electron chi connectivity index (χ4n) is 0.668. The van der Waals surface area contributed by atoms with Crippen LogP contribution in [0.1, 0.15) is 0 Å². The molecular weight excluding hydrogens is 296 g/mol. The van der Waals surface area contributed by atoms with Gasteiger partial charge in [0.25, 0.3) is 0 Å². The summed E-state index contributed by atoms with van der Waals surface area (Å²) >= 11 is 0. The second-order valence-corrected chi connectivity index (χ2v) is 2.51. The number of hydrogen-bond donors (Lipinski definition) is 6. The molecule has 94 valence electrons. The summed E-state index contributed by atoms with van der Waals surface area (Å²) in [5.74, 6) is -1.73. The molecule has 0 aliphatic carbocycles. The van der Waals surface area contributed by atoms with Gasteiger partial charge in [-0.15, -0.1) is 0 Å². The maximum atomic E-state index is 10.1. The van der Waals surface area contributed by atoms with Crippen molar-refractivity contribution in [2.75, 3.05) is 6.61 Å². The number of carboxylic acid groups (broad SMARTS) is 1. The molecule has 0 amide bonds. The first-order chi connectivity index (χ1) is 5.91. The minimum Gasteiger partial charge on any atom is -0.479 e. The van der Waals surface area contributed by atoms with Crippen molar-refractivity contribution in [1.29, 1.82) is 0 Å². The molecular formula is C6H12Fe2O7. The van der Waals surface area contributed by atoms with Gasteiger partial charge in [0, 0.05) is 34.1 Å². The standard InChI is InChI=1S/C6H12O7.2Fe/c7-1-2(8)3(9)4(10)5(11)6(12)13;;/h2-5,7-11H,1H2,(H,12,13);;/t2-,3-,4+,5-;;/m1../s1. The Morgan fingerprint density at radius 2 is 1.40 bits per heavy atom. The number of aliphatic hydroxyl groups is 5. The van der Waals surface area contributed by atoms with Gasteiger partial charge in [-0.1, -0.05) is 0 Å². The monoisotopic (exact) mass is 308 g/mol. The summed E-state index contributed by atoms with van der Waals surface area (Å²) in [5.41, 5.74) is 0. The topological polar surface area (TPSA) is 138 Å². The second kappa shape index (κ2) is 9.53. The fourth-order valence-corrected chi connectivity index (χ4v) is 0.668. The van der Waals surface area contributed by atoms with E-state index in [1.54, 1.807) is 0 Å². The summed E-state index contributed by atoms with van der Waals surface area (Å²) in [6.07, 6.45) is -7.84. The Morgan fingerprint density at radius 3 is 1.67 bits per heavy atom. The zero-order valence-electron chi connectivity index (χ0n) is 7.32. The Hall–Kier alpha value is 0.309. The van der Waals surface area contributed by atoms with Crippen LogP contribution in [0.5, 0.6) is 0 Å². The van der Waals surface area contributed by atoms with Gasteiger partial charge in [0.15, 0.2) is 6.10 Å². The van der Waals surface area contributed by atoms with Crippen LogP contribution in [-0.2, 0) is 38.9 Å². The van der Waals surface area contributed by atoms with Crippen molar-refractivity contribution in [2.45, 2.75) is 24.4 Å². The molecule has 0 aliphatic heterocycles. The summed E-state index contributed by atoms with van der Waals surface area (Å²) in [4.78, 5) is 10.1.